The molecule has 1 N–H and O–H groups in total. The molecule has 5 nitrogen and oxygen atoms in total. The lowest BCUT2D eigenvalue weighted by molar-refractivity contribution is 0.0937. The number of nitrogens with one attached hydrogen (secondary N) is 1. The van der Waals surface area contributed by atoms with E-state index < -0.39 is 0 Å². The van der Waals surface area contributed by atoms with Crippen LogP contribution in [0, 0.1) is 6.92 Å². The van der Waals surface area contributed by atoms with Crippen LogP contribution >= 0.6 is 0 Å². The van der Waals surface area contributed by atoms with Crippen molar-refractivity contribution in [3.05, 3.63) is 47.1 Å². The molecule has 0 bridgehead atoms. The van der Waals surface area contributed by atoms with Gasteiger partial charge in [-0.1, -0.05) is 12.1 Å². The van der Waals surface area contributed by atoms with Crippen molar-refractivity contribution in [2.75, 3.05) is 0 Å². The van der Waals surface area contributed by atoms with Gasteiger partial charge >= 0.3 is 0 Å². The molecule has 0 saturated heterocycles. The van der Waals surface area contributed by atoms with E-state index in [0.717, 1.165) is 5.56 Å². The summed E-state index contributed by atoms with van der Waals surface area (Å²) in [6.07, 6.45) is 4.09. The first-order valence-electron chi connectivity index (χ1n) is 6.29. The van der Waals surface area contributed by atoms with Crippen molar-refractivity contribution in [3.8, 4) is 0 Å². The maximum absolute atomic E-state index is 12.3. The summed E-state index contributed by atoms with van der Waals surface area (Å²) in [5.41, 5.74) is 2.25. The minimum atomic E-state index is -0.153. The van der Waals surface area contributed by atoms with Gasteiger partial charge in [0.2, 0.25) is 0 Å². The van der Waals surface area contributed by atoms with Gasteiger partial charge < -0.3 is 9.84 Å². The fourth-order valence-electron chi connectivity index (χ4n) is 1.95. The summed E-state index contributed by atoms with van der Waals surface area (Å²) in [6, 6.07) is 3.67. The molecule has 0 saturated carbocycles. The second-order valence-corrected chi connectivity index (χ2v) is 4.39. The Morgan fingerprint density at radius 3 is 2.74 bits per heavy atom. The SMILES string of the molecule is CCc1noc(C)c1C(=O)N[C@H](C)c1ccncc1. The number of nitrogens with zero attached hydrogens (tertiary/aromatic N) is 2. The van der Waals surface area contributed by atoms with Gasteiger partial charge in [-0.3, -0.25) is 9.78 Å². The first-order valence-corrected chi connectivity index (χ1v) is 6.29. The van der Waals surface area contributed by atoms with Crippen LogP contribution in [0.4, 0.5) is 0 Å². The molecule has 0 aliphatic rings. The minimum absolute atomic E-state index is 0.0884. The maximum Gasteiger partial charge on any atom is 0.257 e. The molecule has 0 aliphatic heterocycles. The van der Waals surface area contributed by atoms with Gasteiger partial charge in [-0.15, -0.1) is 0 Å². The molecule has 2 aromatic heterocycles. The molecule has 2 aromatic rings. The van der Waals surface area contributed by atoms with Gasteiger partial charge in [0, 0.05) is 12.4 Å². The van der Waals surface area contributed by atoms with Crippen LogP contribution in [0.15, 0.2) is 29.0 Å². The number of rotatable bonds is 4. The Balaban J connectivity index is 2.15. The first-order chi connectivity index (χ1) is 9.13. The van der Waals surface area contributed by atoms with Crippen LogP contribution in [0.2, 0.25) is 0 Å². The van der Waals surface area contributed by atoms with Crippen molar-refractivity contribution in [1.29, 1.82) is 0 Å². The Hall–Kier alpha value is -2.17. The molecule has 5 heteroatoms. The summed E-state index contributed by atoms with van der Waals surface area (Å²) in [6.45, 7) is 5.63. The lowest BCUT2D eigenvalue weighted by Gasteiger charge is -2.13. The molecular formula is C14H17N3O2. The largest absolute Gasteiger partial charge is 0.361 e. The summed E-state index contributed by atoms with van der Waals surface area (Å²) in [5, 5.41) is 6.84. The first kappa shape index (κ1) is 13.3. The van der Waals surface area contributed by atoms with Crippen molar-refractivity contribution in [2.45, 2.75) is 33.2 Å². The van der Waals surface area contributed by atoms with Gasteiger partial charge in [0.05, 0.1) is 11.7 Å². The third-order valence-corrected chi connectivity index (χ3v) is 3.05. The van der Waals surface area contributed by atoms with Gasteiger partial charge in [-0.25, -0.2) is 0 Å². The van der Waals surface area contributed by atoms with Crippen LogP contribution in [-0.4, -0.2) is 16.0 Å². The normalized spacial score (nSPS) is 12.2. The Bertz CT molecular complexity index is 563. The van der Waals surface area contributed by atoms with Crippen molar-refractivity contribution >= 4 is 5.91 Å². The van der Waals surface area contributed by atoms with Crippen LogP contribution < -0.4 is 5.32 Å². The molecule has 2 rings (SSSR count). The number of carbonyl (C=O) groups excluding carboxylic acids is 1. The molecule has 19 heavy (non-hydrogen) atoms. The minimum Gasteiger partial charge on any atom is -0.361 e. The van der Waals surface area contributed by atoms with Gasteiger partial charge in [0.25, 0.3) is 5.91 Å². The standard InChI is InChI=1S/C14H17N3O2/c1-4-12-13(10(3)19-17-12)14(18)16-9(2)11-5-7-15-8-6-11/h5-9H,4H2,1-3H3,(H,16,18)/t9-/m1/s1. The van der Waals surface area contributed by atoms with E-state index in [2.05, 4.69) is 15.5 Å². The third-order valence-electron chi connectivity index (χ3n) is 3.05. The topological polar surface area (TPSA) is 68.0 Å². The summed E-state index contributed by atoms with van der Waals surface area (Å²) in [5.74, 6) is 0.399. The van der Waals surface area contributed by atoms with Gasteiger partial charge in [-0.05, 0) is 38.0 Å². The van der Waals surface area contributed by atoms with E-state index in [1.165, 1.54) is 0 Å². The molecule has 0 fully saturated rings. The van der Waals surface area contributed by atoms with Crippen LogP contribution in [0.25, 0.3) is 0 Å². The fourth-order valence-corrected chi connectivity index (χ4v) is 1.95. The molecule has 1 atom stereocenters. The molecule has 0 radical (unpaired) electrons. The summed E-state index contributed by atoms with van der Waals surface area (Å²) in [7, 11) is 0. The fraction of sp³-hybridized carbons (Fsp3) is 0.357. The lowest BCUT2D eigenvalue weighted by Crippen LogP contribution is -2.27. The Morgan fingerprint density at radius 2 is 2.11 bits per heavy atom. The Morgan fingerprint density at radius 1 is 1.42 bits per heavy atom. The van der Waals surface area contributed by atoms with E-state index in [9.17, 15) is 4.79 Å². The van der Waals surface area contributed by atoms with Gasteiger partial charge in [0.1, 0.15) is 11.3 Å². The highest BCUT2D eigenvalue weighted by atomic mass is 16.5. The van der Waals surface area contributed by atoms with Crippen LogP contribution in [0.3, 0.4) is 0 Å². The van der Waals surface area contributed by atoms with Crippen molar-refractivity contribution in [3.63, 3.8) is 0 Å². The average molecular weight is 259 g/mol. The van der Waals surface area contributed by atoms with Crippen molar-refractivity contribution < 1.29 is 9.32 Å². The van der Waals surface area contributed by atoms with E-state index in [-0.39, 0.29) is 11.9 Å². The second-order valence-electron chi connectivity index (χ2n) is 4.39. The smallest absolute Gasteiger partial charge is 0.257 e. The van der Waals surface area contributed by atoms with E-state index in [4.69, 9.17) is 4.52 Å². The van der Waals surface area contributed by atoms with Gasteiger partial charge in [-0.2, -0.15) is 0 Å². The average Bonchev–Trinajstić information content (AvgIpc) is 2.80. The third kappa shape index (κ3) is 2.81. The lowest BCUT2D eigenvalue weighted by atomic mass is 10.1. The maximum atomic E-state index is 12.3. The van der Waals surface area contributed by atoms with E-state index >= 15 is 0 Å². The highest BCUT2D eigenvalue weighted by molar-refractivity contribution is 5.96. The summed E-state index contributed by atoms with van der Waals surface area (Å²) >= 11 is 0. The second kappa shape index (κ2) is 5.65. The predicted molar refractivity (Wildman–Crippen MR) is 70.7 cm³/mol. The Kier molecular flexibility index (Phi) is 3.94. The number of amides is 1. The zero-order valence-corrected chi connectivity index (χ0v) is 11.3. The number of aromatic nitrogens is 2. The van der Waals surface area contributed by atoms with Gasteiger partial charge in [0.15, 0.2) is 0 Å². The quantitative estimate of drug-likeness (QED) is 0.915. The van der Waals surface area contributed by atoms with Crippen molar-refractivity contribution in [2.24, 2.45) is 0 Å². The monoisotopic (exact) mass is 259 g/mol. The number of hydrogen-bond donors (Lipinski definition) is 1. The van der Waals surface area contributed by atoms with E-state index in [1.807, 2.05) is 26.0 Å². The Labute approximate surface area is 112 Å². The molecular weight excluding hydrogens is 242 g/mol. The number of hydrogen-bond acceptors (Lipinski definition) is 4. The van der Waals surface area contributed by atoms with Crippen molar-refractivity contribution in [1.82, 2.24) is 15.5 Å². The van der Waals surface area contributed by atoms with Crippen LogP contribution in [-0.2, 0) is 6.42 Å². The molecule has 0 aromatic carbocycles. The zero-order chi connectivity index (χ0) is 13.8. The molecule has 1 amide bonds. The molecule has 0 spiro atoms. The van der Waals surface area contributed by atoms with E-state index in [1.54, 1.807) is 19.3 Å². The highest BCUT2D eigenvalue weighted by Gasteiger charge is 2.20. The predicted octanol–water partition coefficient (Wildman–Crippen LogP) is 2.43. The summed E-state index contributed by atoms with van der Waals surface area (Å²) in [4.78, 5) is 16.2. The molecule has 0 aliphatic carbocycles. The number of pyridine rings is 1. The van der Waals surface area contributed by atoms with Crippen LogP contribution in [0.5, 0.6) is 0 Å². The zero-order valence-electron chi connectivity index (χ0n) is 11.3. The summed E-state index contributed by atoms with van der Waals surface area (Å²) < 4.78 is 5.07. The highest BCUT2D eigenvalue weighted by Crippen LogP contribution is 2.16. The molecule has 2 heterocycles. The number of aryl methyl sites for hydroxylation is 2. The van der Waals surface area contributed by atoms with Crippen LogP contribution in [0.1, 0.15) is 47.3 Å². The molecule has 0 unspecified atom stereocenters. The number of carbonyl (C=O) groups is 1. The molecule has 100 valence electrons. The van der Waals surface area contributed by atoms with E-state index in [0.29, 0.717) is 23.4 Å².